The van der Waals surface area contributed by atoms with Gasteiger partial charge in [-0.2, -0.15) is 0 Å². The van der Waals surface area contributed by atoms with Gasteiger partial charge >= 0.3 is 0 Å². The van der Waals surface area contributed by atoms with Gasteiger partial charge in [-0.15, -0.1) is 11.3 Å². The van der Waals surface area contributed by atoms with Gasteiger partial charge in [-0.25, -0.2) is 19.2 Å². The molecule has 0 aliphatic carbocycles. The van der Waals surface area contributed by atoms with Gasteiger partial charge in [0.25, 0.3) is 0 Å². The van der Waals surface area contributed by atoms with Crippen molar-refractivity contribution in [1.29, 1.82) is 0 Å². The molecule has 0 saturated carbocycles. The van der Waals surface area contributed by atoms with Gasteiger partial charge in [0.05, 0.1) is 25.3 Å². The van der Waals surface area contributed by atoms with Crippen LogP contribution in [-0.4, -0.2) is 42.4 Å². The first kappa shape index (κ1) is 17.5. The van der Waals surface area contributed by atoms with E-state index in [-0.39, 0.29) is 23.6 Å². The molecule has 2 unspecified atom stereocenters. The third kappa shape index (κ3) is 2.92. The molecule has 0 amide bonds. The number of nitrogens with one attached hydrogen (secondary N) is 1. The zero-order valence-corrected chi connectivity index (χ0v) is 15.7. The predicted molar refractivity (Wildman–Crippen MR) is 104 cm³/mol. The van der Waals surface area contributed by atoms with E-state index >= 15 is 0 Å². The highest BCUT2D eigenvalue weighted by molar-refractivity contribution is 7.18. The van der Waals surface area contributed by atoms with Gasteiger partial charge in [-0.1, -0.05) is 12.1 Å². The SMILES string of the molecule is [C-]#[N+]c1ccc(-c2csc3c(OC4C5CNCC4COC5)ncnc23)c(F)c1. The van der Waals surface area contributed by atoms with Crippen molar-refractivity contribution in [3.63, 3.8) is 0 Å². The third-order valence-corrected chi connectivity index (χ3v) is 6.30. The van der Waals surface area contributed by atoms with E-state index in [1.807, 2.05) is 5.38 Å². The van der Waals surface area contributed by atoms with Gasteiger partial charge in [-0.3, -0.25) is 0 Å². The van der Waals surface area contributed by atoms with E-state index in [0.29, 0.717) is 35.7 Å². The van der Waals surface area contributed by atoms with Crippen LogP contribution in [0.3, 0.4) is 0 Å². The molecule has 8 heteroatoms. The van der Waals surface area contributed by atoms with Crippen molar-refractivity contribution in [3.8, 4) is 17.0 Å². The fourth-order valence-corrected chi connectivity index (χ4v) is 4.92. The number of ether oxygens (including phenoxy) is 2. The van der Waals surface area contributed by atoms with Crippen LogP contribution in [0.1, 0.15) is 0 Å². The van der Waals surface area contributed by atoms with Crippen LogP contribution in [0, 0.1) is 24.2 Å². The molecule has 1 N–H and O–H groups in total. The zero-order valence-electron chi connectivity index (χ0n) is 14.9. The number of thiophene rings is 1. The largest absolute Gasteiger partial charge is 0.472 e. The van der Waals surface area contributed by atoms with Crippen molar-refractivity contribution in [2.75, 3.05) is 26.3 Å². The molecular weight excluding hydrogens is 379 g/mol. The highest BCUT2D eigenvalue weighted by Crippen LogP contribution is 2.39. The fourth-order valence-electron chi connectivity index (χ4n) is 3.97. The van der Waals surface area contributed by atoms with Crippen molar-refractivity contribution in [3.05, 3.63) is 47.1 Å². The summed E-state index contributed by atoms with van der Waals surface area (Å²) < 4.78 is 27.4. The molecular formula is C20H17FN4O2S. The molecule has 2 saturated heterocycles. The first-order valence-electron chi connectivity index (χ1n) is 9.09. The Bertz CT molecular complexity index is 1060. The van der Waals surface area contributed by atoms with Gasteiger partial charge in [0, 0.05) is 41.4 Å². The van der Waals surface area contributed by atoms with Gasteiger partial charge in [0.15, 0.2) is 5.69 Å². The average molecular weight is 396 g/mol. The summed E-state index contributed by atoms with van der Waals surface area (Å²) in [4.78, 5) is 12.0. The van der Waals surface area contributed by atoms with Gasteiger partial charge in [0.1, 0.15) is 22.9 Å². The second-order valence-corrected chi connectivity index (χ2v) is 7.96. The highest BCUT2D eigenvalue weighted by atomic mass is 32.1. The summed E-state index contributed by atoms with van der Waals surface area (Å²) in [6, 6.07) is 4.49. The molecule has 1 aromatic carbocycles. The Morgan fingerprint density at radius 2 is 2.04 bits per heavy atom. The van der Waals surface area contributed by atoms with E-state index in [1.54, 1.807) is 12.1 Å². The van der Waals surface area contributed by atoms with E-state index in [9.17, 15) is 4.39 Å². The van der Waals surface area contributed by atoms with Crippen LogP contribution < -0.4 is 10.1 Å². The minimum atomic E-state index is -0.431. The van der Waals surface area contributed by atoms with Crippen molar-refractivity contribution in [2.45, 2.75) is 6.10 Å². The van der Waals surface area contributed by atoms with Crippen molar-refractivity contribution >= 4 is 27.2 Å². The minimum absolute atomic E-state index is 0.0494. The number of aromatic nitrogens is 2. The molecule has 142 valence electrons. The Kier molecular flexibility index (Phi) is 4.43. The Hall–Kier alpha value is -2.60. The summed E-state index contributed by atoms with van der Waals surface area (Å²) in [7, 11) is 0. The highest BCUT2D eigenvalue weighted by Gasteiger charge is 2.39. The number of hydrogen-bond donors (Lipinski definition) is 1. The standard InChI is InChI=1S/C20H17FN4O2S/c1-22-13-2-3-14(16(21)4-13)15-9-28-19-17(15)24-10-25-20(19)27-18-11-5-23-6-12(18)8-26-7-11/h2-4,9-12,18,23H,5-8H2. The average Bonchev–Trinajstić information content (AvgIpc) is 3.12. The van der Waals surface area contributed by atoms with Crippen LogP contribution >= 0.6 is 11.3 Å². The van der Waals surface area contributed by atoms with E-state index in [1.165, 1.54) is 23.7 Å². The molecule has 0 spiro atoms. The molecule has 2 atom stereocenters. The maximum absolute atomic E-state index is 14.5. The van der Waals surface area contributed by atoms with Crippen LogP contribution in [0.15, 0.2) is 29.9 Å². The molecule has 2 fully saturated rings. The van der Waals surface area contributed by atoms with E-state index < -0.39 is 5.82 Å². The summed E-state index contributed by atoms with van der Waals surface area (Å²) in [5.74, 6) is 0.689. The number of halogens is 1. The molecule has 28 heavy (non-hydrogen) atoms. The van der Waals surface area contributed by atoms with Crippen LogP contribution in [0.4, 0.5) is 10.1 Å². The Morgan fingerprint density at radius 3 is 2.79 bits per heavy atom. The lowest BCUT2D eigenvalue weighted by Crippen LogP contribution is -2.56. The molecule has 2 aliphatic heterocycles. The molecule has 2 aliphatic rings. The summed E-state index contributed by atoms with van der Waals surface area (Å²) in [5.41, 5.74) is 2.06. The third-order valence-electron chi connectivity index (χ3n) is 5.35. The number of benzene rings is 1. The van der Waals surface area contributed by atoms with E-state index in [2.05, 4.69) is 20.1 Å². The lowest BCUT2D eigenvalue weighted by molar-refractivity contribution is -0.0828. The van der Waals surface area contributed by atoms with Gasteiger partial charge in [0.2, 0.25) is 5.88 Å². The smallest absolute Gasteiger partial charge is 0.235 e. The Labute approximate surface area is 165 Å². The fraction of sp³-hybridized carbons (Fsp3) is 0.350. The number of fused-ring (bicyclic) bond motifs is 3. The van der Waals surface area contributed by atoms with E-state index in [0.717, 1.165) is 17.8 Å². The summed E-state index contributed by atoms with van der Waals surface area (Å²) in [5, 5.41) is 5.30. The maximum atomic E-state index is 14.5. The first-order valence-corrected chi connectivity index (χ1v) is 9.97. The Morgan fingerprint density at radius 1 is 1.21 bits per heavy atom. The van der Waals surface area contributed by atoms with Crippen LogP contribution in [-0.2, 0) is 4.74 Å². The molecule has 0 radical (unpaired) electrons. The molecule has 5 rings (SSSR count). The quantitative estimate of drug-likeness (QED) is 0.685. The number of hydrogen-bond acceptors (Lipinski definition) is 6. The number of rotatable bonds is 3. The lowest BCUT2D eigenvalue weighted by Gasteiger charge is -2.41. The number of nitrogens with zero attached hydrogens (tertiary/aromatic N) is 3. The topological polar surface area (TPSA) is 60.6 Å². The second-order valence-electron chi connectivity index (χ2n) is 7.08. The lowest BCUT2D eigenvalue weighted by atomic mass is 9.86. The normalized spacial score (nSPS) is 24.1. The van der Waals surface area contributed by atoms with Crippen LogP contribution in [0.25, 0.3) is 26.2 Å². The number of piperidine rings is 1. The molecule has 6 nitrogen and oxygen atoms in total. The van der Waals surface area contributed by atoms with Crippen LogP contribution in [0.5, 0.6) is 5.88 Å². The Balaban J connectivity index is 1.52. The van der Waals surface area contributed by atoms with Crippen molar-refractivity contribution in [2.24, 2.45) is 11.8 Å². The molecule has 3 aromatic rings. The monoisotopic (exact) mass is 396 g/mol. The molecule has 2 bridgehead atoms. The van der Waals surface area contributed by atoms with Gasteiger partial charge in [-0.05, 0) is 6.07 Å². The summed E-state index contributed by atoms with van der Waals surface area (Å²) >= 11 is 1.45. The second kappa shape index (κ2) is 7.09. The van der Waals surface area contributed by atoms with Crippen LogP contribution in [0.2, 0.25) is 0 Å². The van der Waals surface area contributed by atoms with Crippen molar-refractivity contribution < 1.29 is 13.9 Å². The summed E-state index contributed by atoms with van der Waals surface area (Å²) in [6.45, 7) is 10.1. The van der Waals surface area contributed by atoms with Crippen molar-refractivity contribution in [1.82, 2.24) is 15.3 Å². The zero-order chi connectivity index (χ0) is 19.1. The molecule has 2 aromatic heterocycles. The maximum Gasteiger partial charge on any atom is 0.235 e. The first-order chi connectivity index (χ1) is 13.7. The molecule has 4 heterocycles. The predicted octanol–water partition coefficient (Wildman–Crippen LogP) is 3.66. The summed E-state index contributed by atoms with van der Waals surface area (Å²) in [6.07, 6.45) is 1.51. The van der Waals surface area contributed by atoms with Gasteiger partial charge < -0.3 is 14.8 Å². The minimum Gasteiger partial charge on any atom is -0.472 e. The van der Waals surface area contributed by atoms with E-state index in [4.69, 9.17) is 16.0 Å².